The third kappa shape index (κ3) is 1.95. The van der Waals surface area contributed by atoms with Crippen molar-refractivity contribution in [3.8, 4) is 0 Å². The van der Waals surface area contributed by atoms with Crippen LogP contribution in [0.25, 0.3) is 0 Å². The molecule has 5 nitrogen and oxygen atoms in total. The fraction of sp³-hybridized carbons (Fsp3) is 0.667. The number of nitrogens with two attached hydrogens (primary N) is 1. The molecule has 1 aromatic rings. The van der Waals surface area contributed by atoms with Gasteiger partial charge in [-0.1, -0.05) is 6.42 Å². The van der Waals surface area contributed by atoms with E-state index in [0.717, 1.165) is 24.8 Å². The van der Waals surface area contributed by atoms with E-state index in [0.29, 0.717) is 18.8 Å². The SMILES string of the molecule is CCOC(=O)c1nn(C)cc1C1(CN)CCC1. The molecule has 1 aliphatic rings. The summed E-state index contributed by atoms with van der Waals surface area (Å²) in [6.07, 6.45) is 5.12. The Morgan fingerprint density at radius 2 is 2.35 bits per heavy atom. The zero-order valence-corrected chi connectivity index (χ0v) is 10.4. The maximum atomic E-state index is 11.8. The number of rotatable bonds is 4. The van der Waals surface area contributed by atoms with Crippen molar-refractivity contribution in [2.24, 2.45) is 12.8 Å². The second-order valence-electron chi connectivity index (χ2n) is 4.62. The third-order valence-corrected chi connectivity index (χ3v) is 3.57. The van der Waals surface area contributed by atoms with E-state index in [1.54, 1.807) is 11.6 Å². The number of aromatic nitrogens is 2. The van der Waals surface area contributed by atoms with Crippen molar-refractivity contribution >= 4 is 5.97 Å². The lowest BCUT2D eigenvalue weighted by atomic mass is 9.64. The van der Waals surface area contributed by atoms with Gasteiger partial charge in [-0.15, -0.1) is 0 Å². The van der Waals surface area contributed by atoms with Crippen LogP contribution >= 0.6 is 0 Å². The normalized spacial score (nSPS) is 17.6. The van der Waals surface area contributed by atoms with E-state index in [-0.39, 0.29) is 11.4 Å². The summed E-state index contributed by atoms with van der Waals surface area (Å²) in [5, 5.41) is 4.21. The van der Waals surface area contributed by atoms with E-state index in [1.807, 2.05) is 13.2 Å². The van der Waals surface area contributed by atoms with Crippen molar-refractivity contribution in [2.45, 2.75) is 31.6 Å². The summed E-state index contributed by atoms with van der Waals surface area (Å²) in [4.78, 5) is 11.8. The Kier molecular flexibility index (Phi) is 3.19. The predicted molar refractivity (Wildman–Crippen MR) is 63.7 cm³/mol. The molecule has 0 bridgehead atoms. The molecule has 94 valence electrons. The Morgan fingerprint density at radius 3 is 2.82 bits per heavy atom. The van der Waals surface area contributed by atoms with Crippen LogP contribution in [0.15, 0.2) is 6.20 Å². The van der Waals surface area contributed by atoms with Crippen molar-refractivity contribution in [3.63, 3.8) is 0 Å². The number of carbonyl (C=O) groups excluding carboxylic acids is 1. The van der Waals surface area contributed by atoms with Gasteiger partial charge in [0.1, 0.15) is 0 Å². The Labute approximate surface area is 101 Å². The molecule has 1 aromatic heterocycles. The van der Waals surface area contributed by atoms with E-state index >= 15 is 0 Å². The van der Waals surface area contributed by atoms with Gasteiger partial charge in [0.15, 0.2) is 5.69 Å². The summed E-state index contributed by atoms with van der Waals surface area (Å²) in [7, 11) is 1.81. The van der Waals surface area contributed by atoms with Crippen LogP contribution in [-0.4, -0.2) is 28.9 Å². The average Bonchev–Trinajstić information content (AvgIpc) is 2.61. The molecule has 0 atom stereocenters. The van der Waals surface area contributed by atoms with E-state index < -0.39 is 0 Å². The average molecular weight is 237 g/mol. The van der Waals surface area contributed by atoms with E-state index in [4.69, 9.17) is 10.5 Å². The topological polar surface area (TPSA) is 70.1 Å². The molecule has 17 heavy (non-hydrogen) atoms. The predicted octanol–water partition coefficient (Wildman–Crippen LogP) is 0.977. The Bertz CT molecular complexity index is 416. The molecule has 0 spiro atoms. The van der Waals surface area contributed by atoms with Gasteiger partial charge in [-0.2, -0.15) is 5.10 Å². The first-order valence-corrected chi connectivity index (χ1v) is 6.04. The van der Waals surface area contributed by atoms with Gasteiger partial charge in [0, 0.05) is 30.8 Å². The zero-order valence-electron chi connectivity index (χ0n) is 10.4. The molecule has 1 saturated carbocycles. The van der Waals surface area contributed by atoms with Gasteiger partial charge in [-0.05, 0) is 19.8 Å². The summed E-state index contributed by atoms with van der Waals surface area (Å²) in [5.41, 5.74) is 7.19. The largest absolute Gasteiger partial charge is 0.461 e. The lowest BCUT2D eigenvalue weighted by molar-refractivity contribution is 0.0513. The van der Waals surface area contributed by atoms with Crippen LogP contribution < -0.4 is 5.73 Å². The molecular formula is C12H19N3O2. The van der Waals surface area contributed by atoms with Crippen molar-refractivity contribution in [2.75, 3.05) is 13.2 Å². The molecule has 0 radical (unpaired) electrons. The van der Waals surface area contributed by atoms with Crippen molar-refractivity contribution in [1.29, 1.82) is 0 Å². The maximum Gasteiger partial charge on any atom is 0.359 e. The Hall–Kier alpha value is -1.36. The quantitative estimate of drug-likeness (QED) is 0.792. The lowest BCUT2D eigenvalue weighted by Crippen LogP contribution is -2.42. The highest BCUT2D eigenvalue weighted by molar-refractivity contribution is 5.89. The molecule has 0 unspecified atom stereocenters. The van der Waals surface area contributed by atoms with E-state index in [1.165, 1.54) is 0 Å². The highest BCUT2D eigenvalue weighted by Crippen LogP contribution is 2.44. The number of carbonyl (C=O) groups is 1. The molecule has 5 heteroatoms. The van der Waals surface area contributed by atoms with Crippen LogP contribution in [0.5, 0.6) is 0 Å². The Morgan fingerprint density at radius 1 is 1.65 bits per heavy atom. The molecule has 0 aromatic carbocycles. The first-order valence-electron chi connectivity index (χ1n) is 6.04. The molecule has 0 aliphatic heterocycles. The highest BCUT2D eigenvalue weighted by Gasteiger charge is 2.41. The molecule has 0 saturated heterocycles. The summed E-state index contributed by atoms with van der Waals surface area (Å²) in [5.74, 6) is -0.345. The smallest absolute Gasteiger partial charge is 0.359 e. The second kappa shape index (κ2) is 4.49. The summed E-state index contributed by atoms with van der Waals surface area (Å²) >= 11 is 0. The Balaban J connectivity index is 2.36. The van der Waals surface area contributed by atoms with Gasteiger partial charge in [0.25, 0.3) is 0 Å². The van der Waals surface area contributed by atoms with Crippen LogP contribution in [0.3, 0.4) is 0 Å². The second-order valence-corrected chi connectivity index (χ2v) is 4.62. The highest BCUT2D eigenvalue weighted by atomic mass is 16.5. The van der Waals surface area contributed by atoms with Crippen molar-refractivity contribution in [3.05, 3.63) is 17.5 Å². The third-order valence-electron chi connectivity index (χ3n) is 3.57. The minimum absolute atomic E-state index is 0.0592. The van der Waals surface area contributed by atoms with Crippen molar-refractivity contribution < 1.29 is 9.53 Å². The fourth-order valence-electron chi connectivity index (χ4n) is 2.41. The number of hydrogen-bond donors (Lipinski definition) is 1. The number of aryl methyl sites for hydroxylation is 1. The van der Waals surface area contributed by atoms with Gasteiger partial charge in [-0.3, -0.25) is 4.68 Å². The van der Waals surface area contributed by atoms with Gasteiger partial charge < -0.3 is 10.5 Å². The van der Waals surface area contributed by atoms with Crippen molar-refractivity contribution in [1.82, 2.24) is 9.78 Å². The first kappa shape index (κ1) is 12.1. The molecule has 1 heterocycles. The van der Waals surface area contributed by atoms with E-state index in [2.05, 4.69) is 5.10 Å². The van der Waals surface area contributed by atoms with Gasteiger partial charge in [0.2, 0.25) is 0 Å². The van der Waals surface area contributed by atoms with Crippen LogP contribution in [0.1, 0.15) is 42.2 Å². The number of hydrogen-bond acceptors (Lipinski definition) is 4. The fourth-order valence-corrected chi connectivity index (χ4v) is 2.41. The molecule has 1 aliphatic carbocycles. The van der Waals surface area contributed by atoms with Gasteiger partial charge >= 0.3 is 5.97 Å². The van der Waals surface area contributed by atoms with E-state index in [9.17, 15) is 4.79 Å². The standard InChI is InChI=1S/C12H19N3O2/c1-3-17-11(16)10-9(7-15(2)14-10)12(8-13)5-4-6-12/h7H,3-6,8,13H2,1-2H3. The molecule has 2 N–H and O–H groups in total. The lowest BCUT2D eigenvalue weighted by Gasteiger charge is -2.40. The van der Waals surface area contributed by atoms with Crippen LogP contribution in [0.2, 0.25) is 0 Å². The monoisotopic (exact) mass is 237 g/mol. The minimum atomic E-state index is -0.345. The number of ether oxygens (including phenoxy) is 1. The zero-order chi connectivity index (χ0) is 12.5. The summed E-state index contributed by atoms with van der Waals surface area (Å²) < 4.78 is 6.70. The first-order chi connectivity index (χ1) is 8.13. The van der Waals surface area contributed by atoms with Crippen LogP contribution in [0.4, 0.5) is 0 Å². The molecule has 1 fully saturated rings. The molecule has 0 amide bonds. The minimum Gasteiger partial charge on any atom is -0.461 e. The molecular weight excluding hydrogens is 218 g/mol. The summed E-state index contributed by atoms with van der Waals surface area (Å²) in [6.45, 7) is 2.72. The summed E-state index contributed by atoms with van der Waals surface area (Å²) in [6, 6.07) is 0. The maximum absolute atomic E-state index is 11.8. The van der Waals surface area contributed by atoms with Crippen LogP contribution in [-0.2, 0) is 17.2 Å². The molecule has 2 rings (SSSR count). The number of esters is 1. The number of nitrogens with zero attached hydrogens (tertiary/aromatic N) is 2. The van der Waals surface area contributed by atoms with Crippen LogP contribution in [0, 0.1) is 0 Å². The van der Waals surface area contributed by atoms with Gasteiger partial charge in [0.05, 0.1) is 6.61 Å². The van der Waals surface area contributed by atoms with Gasteiger partial charge in [-0.25, -0.2) is 4.79 Å².